The predicted molar refractivity (Wildman–Crippen MR) is 144 cm³/mol. The number of nitrogens with one attached hydrogen (secondary N) is 1. The van der Waals surface area contributed by atoms with Gasteiger partial charge >= 0.3 is 6.03 Å². The third-order valence-electron chi connectivity index (χ3n) is 6.21. The van der Waals surface area contributed by atoms with Crippen LogP contribution in [0.3, 0.4) is 0 Å². The number of rotatable bonds is 5. The molecule has 3 heterocycles. The lowest BCUT2D eigenvalue weighted by Crippen LogP contribution is -2.55. The number of benzene rings is 2. The van der Waals surface area contributed by atoms with Crippen molar-refractivity contribution in [3.05, 3.63) is 80.8 Å². The summed E-state index contributed by atoms with van der Waals surface area (Å²) in [5.74, 6) is 0.618. The van der Waals surface area contributed by atoms with E-state index in [9.17, 15) is 14.9 Å². The molecule has 0 bridgehead atoms. The highest BCUT2D eigenvalue weighted by Crippen LogP contribution is 2.45. The Hall–Kier alpha value is -3.94. The summed E-state index contributed by atoms with van der Waals surface area (Å²) in [5.41, 5.74) is 1.83. The van der Waals surface area contributed by atoms with Crippen molar-refractivity contribution < 1.29 is 14.3 Å². The van der Waals surface area contributed by atoms with Crippen molar-refractivity contribution >= 4 is 40.7 Å². The van der Waals surface area contributed by atoms with Gasteiger partial charge in [0.1, 0.15) is 29.2 Å². The molecule has 1 aromatic heterocycles. The Morgan fingerprint density at radius 1 is 1.26 bits per heavy atom. The zero-order valence-corrected chi connectivity index (χ0v) is 22.4. The van der Waals surface area contributed by atoms with E-state index < -0.39 is 12.1 Å². The molecule has 2 aromatic carbocycles. The second kappa shape index (κ2) is 10.8. The van der Waals surface area contributed by atoms with Crippen molar-refractivity contribution in [1.82, 2.24) is 20.1 Å². The van der Waals surface area contributed by atoms with Crippen molar-refractivity contribution in [2.75, 3.05) is 19.6 Å². The molecule has 2 atom stereocenters. The summed E-state index contributed by atoms with van der Waals surface area (Å²) in [7, 11) is 0. The van der Waals surface area contributed by atoms with Crippen LogP contribution in [0.15, 0.2) is 59.0 Å². The van der Waals surface area contributed by atoms with Gasteiger partial charge in [0.2, 0.25) is 5.91 Å². The standard InChI is InChI=1S/C27H25ClN6O3S/c1-16(2)37-21-13-17(14-29)3-8-20(21)25-32-23(26-31-10-12-38-26)24(18-4-6-19(28)7-5-18)34(25)27(36)33-11-9-30-22(35)15-33/h3-8,10,12-13,16,23-24H,9,11,15H2,1-2H3,(H,30,35)/t23-,24-/m1/s1. The van der Waals surface area contributed by atoms with Gasteiger partial charge in [-0.25, -0.2) is 9.78 Å². The predicted octanol–water partition coefficient (Wildman–Crippen LogP) is 4.55. The average molecular weight is 549 g/mol. The van der Waals surface area contributed by atoms with Gasteiger partial charge in [-0.2, -0.15) is 5.26 Å². The maximum atomic E-state index is 14.2. The fraction of sp³-hybridized carbons (Fsp3) is 0.296. The first kappa shape index (κ1) is 25.7. The fourth-order valence-corrected chi connectivity index (χ4v) is 5.42. The van der Waals surface area contributed by atoms with E-state index in [1.54, 1.807) is 41.4 Å². The highest BCUT2D eigenvalue weighted by atomic mass is 35.5. The van der Waals surface area contributed by atoms with E-state index in [2.05, 4.69) is 16.4 Å². The van der Waals surface area contributed by atoms with Gasteiger partial charge < -0.3 is 15.0 Å². The lowest BCUT2D eigenvalue weighted by atomic mass is 9.99. The molecular formula is C27H25ClN6O3S. The van der Waals surface area contributed by atoms with Gasteiger partial charge in [-0.3, -0.25) is 14.7 Å². The molecule has 194 valence electrons. The zero-order valence-electron chi connectivity index (χ0n) is 20.8. The summed E-state index contributed by atoms with van der Waals surface area (Å²) in [5, 5.41) is 15.5. The molecule has 9 nitrogen and oxygen atoms in total. The Kier molecular flexibility index (Phi) is 7.31. The number of piperazine rings is 1. The van der Waals surface area contributed by atoms with Gasteiger partial charge in [0.05, 0.1) is 29.3 Å². The number of thiazole rings is 1. The fourth-order valence-electron chi connectivity index (χ4n) is 4.59. The minimum absolute atomic E-state index is 0.0550. The van der Waals surface area contributed by atoms with E-state index in [1.165, 1.54) is 16.2 Å². The smallest absolute Gasteiger partial charge is 0.326 e. The summed E-state index contributed by atoms with van der Waals surface area (Å²) >= 11 is 7.65. The lowest BCUT2D eigenvalue weighted by Gasteiger charge is -2.35. The zero-order chi connectivity index (χ0) is 26.8. The minimum Gasteiger partial charge on any atom is -0.490 e. The summed E-state index contributed by atoms with van der Waals surface area (Å²) in [4.78, 5) is 39.2. The number of carbonyl (C=O) groups is 2. The molecule has 38 heavy (non-hydrogen) atoms. The van der Waals surface area contributed by atoms with Crippen molar-refractivity contribution in [3.63, 3.8) is 0 Å². The number of nitriles is 1. The van der Waals surface area contributed by atoms with E-state index in [0.29, 0.717) is 40.8 Å². The molecule has 0 aliphatic carbocycles. The minimum atomic E-state index is -0.548. The summed E-state index contributed by atoms with van der Waals surface area (Å²) in [6.45, 7) is 4.46. The molecule has 0 saturated carbocycles. The summed E-state index contributed by atoms with van der Waals surface area (Å²) in [6.07, 6.45) is 1.53. The molecule has 0 spiro atoms. The van der Waals surface area contributed by atoms with E-state index in [0.717, 1.165) is 10.6 Å². The largest absolute Gasteiger partial charge is 0.490 e. The molecule has 3 amide bonds. The van der Waals surface area contributed by atoms with Crippen molar-refractivity contribution in [1.29, 1.82) is 5.26 Å². The molecule has 0 unspecified atom stereocenters. The number of amidine groups is 1. The molecule has 2 aliphatic rings. The Morgan fingerprint density at radius 2 is 2.05 bits per heavy atom. The van der Waals surface area contributed by atoms with Crippen molar-refractivity contribution in [2.45, 2.75) is 32.0 Å². The van der Waals surface area contributed by atoms with Crippen LogP contribution >= 0.6 is 22.9 Å². The van der Waals surface area contributed by atoms with E-state index in [4.69, 9.17) is 21.3 Å². The second-order valence-corrected chi connectivity index (χ2v) is 10.5. The topological polar surface area (TPSA) is 111 Å². The van der Waals surface area contributed by atoms with Gasteiger partial charge in [0, 0.05) is 29.7 Å². The second-order valence-electron chi connectivity index (χ2n) is 9.18. The Bertz CT molecular complexity index is 1420. The first-order valence-corrected chi connectivity index (χ1v) is 13.4. The number of urea groups is 1. The third-order valence-corrected chi connectivity index (χ3v) is 7.31. The molecule has 11 heteroatoms. The maximum absolute atomic E-state index is 14.2. The van der Waals surface area contributed by atoms with Gasteiger partial charge in [0.25, 0.3) is 0 Å². The number of carbonyl (C=O) groups excluding carboxylic acids is 2. The van der Waals surface area contributed by atoms with Gasteiger partial charge in [-0.1, -0.05) is 23.7 Å². The van der Waals surface area contributed by atoms with Crippen LogP contribution < -0.4 is 10.1 Å². The maximum Gasteiger partial charge on any atom is 0.326 e. The third kappa shape index (κ3) is 5.08. The van der Waals surface area contributed by atoms with Crippen LogP contribution in [0.25, 0.3) is 0 Å². The van der Waals surface area contributed by atoms with Crippen LogP contribution in [0, 0.1) is 11.3 Å². The molecule has 3 aromatic rings. The Morgan fingerprint density at radius 3 is 2.71 bits per heavy atom. The molecule has 1 N–H and O–H groups in total. The van der Waals surface area contributed by atoms with Crippen LogP contribution in [-0.2, 0) is 4.79 Å². The highest BCUT2D eigenvalue weighted by Gasteiger charge is 2.46. The van der Waals surface area contributed by atoms with Gasteiger partial charge in [-0.15, -0.1) is 11.3 Å². The van der Waals surface area contributed by atoms with Crippen molar-refractivity contribution in [2.24, 2.45) is 4.99 Å². The molecule has 0 radical (unpaired) electrons. The Labute approximate surface area is 229 Å². The normalized spacial score (nSPS) is 19.2. The molecule has 5 rings (SSSR count). The summed E-state index contributed by atoms with van der Waals surface area (Å²) < 4.78 is 6.10. The van der Waals surface area contributed by atoms with E-state index in [-0.39, 0.29) is 24.6 Å². The number of hydrogen-bond donors (Lipinski definition) is 1. The van der Waals surface area contributed by atoms with E-state index in [1.807, 2.05) is 31.4 Å². The van der Waals surface area contributed by atoms with E-state index >= 15 is 0 Å². The molecule has 1 saturated heterocycles. The van der Waals surface area contributed by atoms with Crippen LogP contribution in [0.4, 0.5) is 4.79 Å². The van der Waals surface area contributed by atoms with Crippen LogP contribution in [-0.4, -0.2) is 58.3 Å². The lowest BCUT2D eigenvalue weighted by molar-refractivity contribution is -0.123. The van der Waals surface area contributed by atoms with Gasteiger partial charge in [-0.05, 0) is 49.7 Å². The van der Waals surface area contributed by atoms with Gasteiger partial charge in [0.15, 0.2) is 0 Å². The van der Waals surface area contributed by atoms with Crippen molar-refractivity contribution in [3.8, 4) is 11.8 Å². The molecule has 2 aliphatic heterocycles. The number of aromatic nitrogens is 1. The van der Waals surface area contributed by atoms with Crippen LogP contribution in [0.5, 0.6) is 5.75 Å². The first-order chi connectivity index (χ1) is 18.4. The quantitative estimate of drug-likeness (QED) is 0.503. The van der Waals surface area contributed by atoms with Crippen LogP contribution in [0.1, 0.15) is 47.6 Å². The number of nitrogens with zero attached hydrogens (tertiary/aromatic N) is 5. The number of halogens is 1. The van der Waals surface area contributed by atoms with Crippen LogP contribution in [0.2, 0.25) is 5.02 Å². The number of aliphatic imine (C=N–C) groups is 1. The number of amides is 3. The first-order valence-electron chi connectivity index (χ1n) is 12.1. The average Bonchev–Trinajstić information content (AvgIpc) is 3.57. The number of hydrogen-bond acceptors (Lipinski definition) is 7. The number of ether oxygens (including phenoxy) is 1. The SMILES string of the molecule is CC(C)Oc1cc(C#N)ccc1C1=N[C@@H](c2nccs2)[C@@H](c2ccc(Cl)cc2)N1C(=O)N1CCNC(=O)C1. The summed E-state index contributed by atoms with van der Waals surface area (Å²) in [6, 6.07) is 13.1. The molecular weight excluding hydrogens is 524 g/mol. The highest BCUT2D eigenvalue weighted by molar-refractivity contribution is 7.09. The molecule has 1 fully saturated rings. The Balaban J connectivity index is 1.69. The monoisotopic (exact) mass is 548 g/mol.